The van der Waals surface area contributed by atoms with E-state index in [9.17, 15) is 18.0 Å². The molecule has 4 aromatic rings. The van der Waals surface area contributed by atoms with E-state index in [1.54, 1.807) is 5.38 Å². The van der Waals surface area contributed by atoms with Gasteiger partial charge < -0.3 is 0 Å². The van der Waals surface area contributed by atoms with Crippen molar-refractivity contribution in [3.63, 3.8) is 0 Å². The summed E-state index contributed by atoms with van der Waals surface area (Å²) in [5.74, 6) is -0.840. The number of halogens is 3. The number of amides is 1. The smallest absolute Gasteiger partial charge is 0.298 e. The normalized spacial score (nSPS) is 11.5. The van der Waals surface area contributed by atoms with Crippen molar-refractivity contribution < 1.29 is 18.0 Å². The largest absolute Gasteiger partial charge is 0.417 e. The van der Waals surface area contributed by atoms with Gasteiger partial charge in [-0.25, -0.2) is 4.98 Å². The van der Waals surface area contributed by atoms with E-state index in [4.69, 9.17) is 0 Å². The van der Waals surface area contributed by atoms with E-state index in [0.717, 1.165) is 39.8 Å². The number of rotatable bonds is 3. The summed E-state index contributed by atoms with van der Waals surface area (Å²) in [5, 5.41) is 6.62. The van der Waals surface area contributed by atoms with Crippen molar-refractivity contribution in [1.82, 2.24) is 4.98 Å². The molecule has 0 aliphatic rings. The number of carbonyl (C=O) groups is 1. The van der Waals surface area contributed by atoms with E-state index in [2.05, 4.69) is 10.3 Å². The van der Waals surface area contributed by atoms with Crippen molar-refractivity contribution >= 4 is 33.1 Å². The molecule has 140 valence electrons. The summed E-state index contributed by atoms with van der Waals surface area (Å²) in [5.41, 5.74) is 0.109. The fourth-order valence-corrected chi connectivity index (χ4v) is 3.62. The lowest BCUT2D eigenvalue weighted by molar-refractivity contribution is -0.137. The zero-order valence-corrected chi connectivity index (χ0v) is 15.1. The number of hydrogen-bond donors (Lipinski definition) is 1. The van der Waals surface area contributed by atoms with Gasteiger partial charge in [-0.2, -0.15) is 13.2 Å². The molecule has 4 rings (SSSR count). The Morgan fingerprint density at radius 2 is 1.64 bits per heavy atom. The summed E-state index contributed by atoms with van der Waals surface area (Å²) < 4.78 is 39.3. The number of anilines is 1. The molecule has 3 nitrogen and oxygen atoms in total. The Morgan fingerprint density at radius 1 is 0.929 bits per heavy atom. The SMILES string of the molecule is O=C(Nc1nc(-c2ccc3ccccc3c2)cs1)c1ccccc1C(F)(F)F. The van der Waals surface area contributed by atoms with Crippen LogP contribution in [0, 0.1) is 0 Å². The maximum absolute atomic E-state index is 13.1. The summed E-state index contributed by atoms with van der Waals surface area (Å²) in [6.07, 6.45) is -4.60. The average Bonchev–Trinajstić information content (AvgIpc) is 3.15. The molecule has 0 spiro atoms. The number of aromatic nitrogens is 1. The van der Waals surface area contributed by atoms with Gasteiger partial charge in [0, 0.05) is 10.9 Å². The van der Waals surface area contributed by atoms with E-state index in [1.165, 1.54) is 12.1 Å². The molecule has 0 fully saturated rings. The second-order valence-electron chi connectivity index (χ2n) is 6.10. The molecule has 28 heavy (non-hydrogen) atoms. The third kappa shape index (κ3) is 3.61. The molecular weight excluding hydrogens is 385 g/mol. The lowest BCUT2D eigenvalue weighted by Gasteiger charge is -2.11. The minimum absolute atomic E-state index is 0.241. The molecule has 0 aliphatic carbocycles. The van der Waals surface area contributed by atoms with E-state index < -0.39 is 23.2 Å². The highest BCUT2D eigenvalue weighted by molar-refractivity contribution is 7.14. The highest BCUT2D eigenvalue weighted by atomic mass is 32.1. The van der Waals surface area contributed by atoms with Crippen LogP contribution in [-0.2, 0) is 6.18 Å². The zero-order valence-electron chi connectivity index (χ0n) is 14.3. The number of carbonyl (C=O) groups excluding carboxylic acids is 1. The number of benzene rings is 3. The first-order valence-electron chi connectivity index (χ1n) is 8.34. The number of fused-ring (bicyclic) bond motifs is 1. The van der Waals surface area contributed by atoms with Crippen molar-refractivity contribution in [2.45, 2.75) is 6.18 Å². The highest BCUT2D eigenvalue weighted by Crippen LogP contribution is 2.33. The molecule has 0 unspecified atom stereocenters. The predicted molar refractivity (Wildman–Crippen MR) is 104 cm³/mol. The maximum Gasteiger partial charge on any atom is 0.417 e. The van der Waals surface area contributed by atoms with Crippen LogP contribution in [0.5, 0.6) is 0 Å². The molecular formula is C21H13F3N2OS. The van der Waals surface area contributed by atoms with Crippen LogP contribution < -0.4 is 5.32 Å². The van der Waals surface area contributed by atoms with Gasteiger partial charge in [-0.3, -0.25) is 10.1 Å². The van der Waals surface area contributed by atoms with Gasteiger partial charge in [0.2, 0.25) is 0 Å². The van der Waals surface area contributed by atoms with Crippen LogP contribution in [0.3, 0.4) is 0 Å². The minimum Gasteiger partial charge on any atom is -0.298 e. The van der Waals surface area contributed by atoms with E-state index in [1.807, 2.05) is 42.5 Å². The summed E-state index contributed by atoms with van der Waals surface area (Å²) in [6.45, 7) is 0. The Balaban J connectivity index is 1.59. The number of alkyl halides is 3. The van der Waals surface area contributed by atoms with Crippen LogP contribution >= 0.6 is 11.3 Å². The molecule has 7 heteroatoms. The Kier molecular flexibility index (Phi) is 4.60. The fraction of sp³-hybridized carbons (Fsp3) is 0.0476. The Hall–Kier alpha value is -3.19. The quantitative estimate of drug-likeness (QED) is 0.444. The summed E-state index contributed by atoms with van der Waals surface area (Å²) >= 11 is 1.16. The van der Waals surface area contributed by atoms with Gasteiger partial charge in [0.05, 0.1) is 16.8 Å². The molecule has 1 aromatic heterocycles. The van der Waals surface area contributed by atoms with Gasteiger partial charge in [-0.05, 0) is 29.0 Å². The standard InChI is InChI=1S/C21H13F3N2OS/c22-21(23,24)17-8-4-3-7-16(17)19(27)26-20-25-18(12-28-20)15-10-9-13-5-1-2-6-14(13)11-15/h1-12H,(H,25,26,27). The number of hydrogen-bond acceptors (Lipinski definition) is 3. The molecule has 0 atom stereocenters. The Bertz CT molecular complexity index is 1170. The second kappa shape index (κ2) is 7.09. The third-order valence-corrected chi connectivity index (χ3v) is 5.00. The second-order valence-corrected chi connectivity index (χ2v) is 6.96. The third-order valence-electron chi connectivity index (χ3n) is 4.25. The fourth-order valence-electron chi connectivity index (χ4n) is 2.91. The zero-order chi connectivity index (χ0) is 19.7. The van der Waals surface area contributed by atoms with E-state index in [0.29, 0.717) is 5.69 Å². The molecule has 3 aromatic carbocycles. The van der Waals surface area contributed by atoms with Gasteiger partial charge in [0.15, 0.2) is 5.13 Å². The first-order chi connectivity index (χ1) is 13.4. The number of nitrogens with zero attached hydrogens (tertiary/aromatic N) is 1. The highest BCUT2D eigenvalue weighted by Gasteiger charge is 2.34. The lowest BCUT2D eigenvalue weighted by atomic mass is 10.1. The van der Waals surface area contributed by atoms with Gasteiger partial charge >= 0.3 is 6.18 Å². The average molecular weight is 398 g/mol. The molecule has 1 heterocycles. The summed E-state index contributed by atoms with van der Waals surface area (Å²) in [4.78, 5) is 16.7. The predicted octanol–water partition coefficient (Wildman–Crippen LogP) is 6.23. The van der Waals surface area contributed by atoms with Gasteiger partial charge in [0.1, 0.15) is 0 Å². The first kappa shape index (κ1) is 18.2. The van der Waals surface area contributed by atoms with Crippen LogP contribution in [0.25, 0.3) is 22.0 Å². The van der Waals surface area contributed by atoms with E-state index in [-0.39, 0.29) is 5.13 Å². The molecule has 0 saturated carbocycles. The lowest BCUT2D eigenvalue weighted by Crippen LogP contribution is -2.18. The van der Waals surface area contributed by atoms with Gasteiger partial charge in [-0.15, -0.1) is 11.3 Å². The first-order valence-corrected chi connectivity index (χ1v) is 9.22. The summed E-state index contributed by atoms with van der Waals surface area (Å²) in [7, 11) is 0. The molecule has 0 bridgehead atoms. The molecule has 1 amide bonds. The summed E-state index contributed by atoms with van der Waals surface area (Å²) in [6, 6.07) is 18.4. The molecule has 1 N–H and O–H groups in total. The van der Waals surface area contributed by atoms with Crippen LogP contribution in [0.2, 0.25) is 0 Å². The van der Waals surface area contributed by atoms with Crippen molar-refractivity contribution in [2.75, 3.05) is 5.32 Å². The number of nitrogens with one attached hydrogen (secondary N) is 1. The van der Waals surface area contributed by atoms with Crippen molar-refractivity contribution in [1.29, 1.82) is 0 Å². The monoisotopic (exact) mass is 398 g/mol. The van der Waals surface area contributed by atoms with Crippen molar-refractivity contribution in [2.24, 2.45) is 0 Å². The van der Waals surface area contributed by atoms with Crippen LogP contribution in [0.15, 0.2) is 72.1 Å². The Labute approximate surface area is 162 Å². The van der Waals surface area contributed by atoms with Crippen LogP contribution in [0.4, 0.5) is 18.3 Å². The number of thiazole rings is 1. The molecule has 0 aliphatic heterocycles. The molecule has 0 saturated heterocycles. The molecule has 0 radical (unpaired) electrons. The topological polar surface area (TPSA) is 42.0 Å². The van der Waals surface area contributed by atoms with Crippen molar-refractivity contribution in [3.05, 3.63) is 83.2 Å². The minimum atomic E-state index is -4.60. The van der Waals surface area contributed by atoms with E-state index >= 15 is 0 Å². The maximum atomic E-state index is 13.1. The van der Waals surface area contributed by atoms with Crippen LogP contribution in [0.1, 0.15) is 15.9 Å². The van der Waals surface area contributed by atoms with Crippen LogP contribution in [-0.4, -0.2) is 10.9 Å². The van der Waals surface area contributed by atoms with Gasteiger partial charge in [0.25, 0.3) is 5.91 Å². The van der Waals surface area contributed by atoms with Gasteiger partial charge in [-0.1, -0.05) is 48.5 Å². The van der Waals surface area contributed by atoms with Crippen molar-refractivity contribution in [3.8, 4) is 11.3 Å². The Morgan fingerprint density at radius 3 is 2.43 bits per heavy atom.